The number of carbonyl (C=O) groups excluding carboxylic acids is 2. The van der Waals surface area contributed by atoms with Crippen LogP contribution in [0.15, 0.2) is 0 Å². The summed E-state index contributed by atoms with van der Waals surface area (Å²) >= 11 is 0. The molecule has 5 N–H and O–H groups in total. The molecule has 13 heavy (non-hydrogen) atoms. The summed E-state index contributed by atoms with van der Waals surface area (Å²) in [4.78, 5) is 23.2. The lowest BCUT2D eigenvalue weighted by Crippen LogP contribution is -2.41. The predicted molar refractivity (Wildman–Crippen MR) is 46.8 cm³/mol. The molecule has 3 amide bonds. The van der Waals surface area contributed by atoms with Crippen LogP contribution in [0.1, 0.15) is 6.42 Å². The monoisotopic (exact) mass is 186 g/mol. The Morgan fingerprint density at radius 3 is 2.69 bits per heavy atom. The minimum atomic E-state index is -0.683. The molecule has 1 saturated heterocycles. The van der Waals surface area contributed by atoms with E-state index in [1.165, 1.54) is 0 Å². The van der Waals surface area contributed by atoms with Crippen molar-refractivity contribution in [1.82, 2.24) is 10.2 Å². The Labute approximate surface area is 76.2 Å². The molecule has 0 radical (unpaired) electrons. The third-order valence-corrected chi connectivity index (χ3v) is 1.99. The van der Waals surface area contributed by atoms with Gasteiger partial charge >= 0.3 is 6.03 Å². The van der Waals surface area contributed by atoms with Gasteiger partial charge in [-0.1, -0.05) is 0 Å². The van der Waals surface area contributed by atoms with Crippen molar-refractivity contribution in [1.29, 1.82) is 0 Å². The van der Waals surface area contributed by atoms with Crippen LogP contribution >= 0.6 is 0 Å². The van der Waals surface area contributed by atoms with Crippen molar-refractivity contribution in [3.05, 3.63) is 0 Å². The first kappa shape index (κ1) is 9.79. The molecular formula is C7H14N4O2. The van der Waals surface area contributed by atoms with Gasteiger partial charge in [0, 0.05) is 19.1 Å². The summed E-state index contributed by atoms with van der Waals surface area (Å²) in [6.07, 6.45) is 0.822. The zero-order chi connectivity index (χ0) is 9.84. The van der Waals surface area contributed by atoms with Gasteiger partial charge in [-0.15, -0.1) is 0 Å². The standard InChI is InChI=1S/C7H14N4O2/c8-5-1-2-11(4-5)6(12)3-10-7(9)13/h5H,1-4,8H2,(H3,9,10,13). The van der Waals surface area contributed by atoms with Gasteiger partial charge in [0.2, 0.25) is 5.91 Å². The highest BCUT2D eigenvalue weighted by atomic mass is 16.2. The minimum absolute atomic E-state index is 0.0396. The number of nitrogens with zero attached hydrogens (tertiary/aromatic N) is 1. The number of nitrogens with two attached hydrogens (primary N) is 2. The molecule has 0 aliphatic carbocycles. The molecule has 1 fully saturated rings. The molecule has 0 bridgehead atoms. The van der Waals surface area contributed by atoms with E-state index in [0.29, 0.717) is 13.1 Å². The zero-order valence-electron chi connectivity index (χ0n) is 7.32. The first-order chi connectivity index (χ1) is 6.09. The summed E-state index contributed by atoms with van der Waals surface area (Å²) in [7, 11) is 0. The van der Waals surface area contributed by atoms with Crippen LogP contribution in [-0.2, 0) is 4.79 Å². The Kier molecular flexibility index (Phi) is 3.07. The van der Waals surface area contributed by atoms with Crippen LogP contribution < -0.4 is 16.8 Å². The van der Waals surface area contributed by atoms with Crippen molar-refractivity contribution < 1.29 is 9.59 Å². The number of carbonyl (C=O) groups is 2. The fraction of sp³-hybridized carbons (Fsp3) is 0.714. The SMILES string of the molecule is NC(=O)NCC(=O)N1CCC(N)C1. The van der Waals surface area contributed by atoms with Gasteiger partial charge in [-0.3, -0.25) is 4.79 Å². The molecule has 1 unspecified atom stereocenters. The van der Waals surface area contributed by atoms with E-state index in [1.807, 2.05) is 0 Å². The van der Waals surface area contributed by atoms with Crippen LogP contribution in [0.25, 0.3) is 0 Å². The lowest BCUT2D eigenvalue weighted by atomic mass is 10.3. The Hall–Kier alpha value is -1.30. The average Bonchev–Trinajstić information content (AvgIpc) is 2.47. The molecule has 0 aromatic rings. The van der Waals surface area contributed by atoms with E-state index in [-0.39, 0.29) is 18.5 Å². The van der Waals surface area contributed by atoms with Gasteiger partial charge in [0.05, 0.1) is 6.54 Å². The second-order valence-electron chi connectivity index (χ2n) is 3.11. The quantitative estimate of drug-likeness (QED) is 0.475. The summed E-state index contributed by atoms with van der Waals surface area (Å²) in [5.41, 5.74) is 10.4. The van der Waals surface area contributed by atoms with Crippen molar-refractivity contribution in [3.8, 4) is 0 Å². The Bertz CT molecular complexity index is 219. The fourth-order valence-corrected chi connectivity index (χ4v) is 1.29. The molecule has 0 spiro atoms. The average molecular weight is 186 g/mol. The maximum Gasteiger partial charge on any atom is 0.312 e. The Morgan fingerprint density at radius 2 is 2.23 bits per heavy atom. The van der Waals surface area contributed by atoms with Gasteiger partial charge in [-0.25, -0.2) is 4.79 Å². The van der Waals surface area contributed by atoms with E-state index < -0.39 is 6.03 Å². The Morgan fingerprint density at radius 1 is 1.54 bits per heavy atom. The second kappa shape index (κ2) is 4.08. The summed E-state index contributed by atoms with van der Waals surface area (Å²) in [6, 6.07) is -0.616. The van der Waals surface area contributed by atoms with Crippen LogP contribution in [0.2, 0.25) is 0 Å². The first-order valence-electron chi connectivity index (χ1n) is 4.16. The van der Waals surface area contributed by atoms with E-state index >= 15 is 0 Å². The molecular weight excluding hydrogens is 172 g/mol. The molecule has 0 saturated carbocycles. The first-order valence-corrected chi connectivity index (χ1v) is 4.16. The maximum absolute atomic E-state index is 11.3. The van der Waals surface area contributed by atoms with Crippen LogP contribution in [0.4, 0.5) is 4.79 Å². The third kappa shape index (κ3) is 2.90. The number of hydrogen-bond acceptors (Lipinski definition) is 3. The number of urea groups is 1. The van der Waals surface area contributed by atoms with Crippen molar-refractivity contribution in [2.24, 2.45) is 11.5 Å². The molecule has 1 heterocycles. The molecule has 74 valence electrons. The van der Waals surface area contributed by atoms with Gasteiger partial charge in [-0.2, -0.15) is 0 Å². The molecule has 1 atom stereocenters. The molecule has 6 heteroatoms. The number of nitrogens with one attached hydrogen (secondary N) is 1. The van der Waals surface area contributed by atoms with Crippen molar-refractivity contribution >= 4 is 11.9 Å². The van der Waals surface area contributed by atoms with Gasteiger partial charge < -0.3 is 21.7 Å². The van der Waals surface area contributed by atoms with Crippen molar-refractivity contribution in [2.75, 3.05) is 19.6 Å². The highest BCUT2D eigenvalue weighted by molar-refractivity contribution is 5.83. The second-order valence-corrected chi connectivity index (χ2v) is 3.11. The van der Waals surface area contributed by atoms with Crippen molar-refractivity contribution in [3.63, 3.8) is 0 Å². The van der Waals surface area contributed by atoms with Crippen LogP contribution in [0, 0.1) is 0 Å². The maximum atomic E-state index is 11.3. The Balaban J connectivity index is 2.27. The predicted octanol–water partition coefficient (Wildman–Crippen LogP) is -1.79. The minimum Gasteiger partial charge on any atom is -0.352 e. The van der Waals surface area contributed by atoms with Gasteiger partial charge in [0.1, 0.15) is 0 Å². The topological polar surface area (TPSA) is 101 Å². The highest BCUT2D eigenvalue weighted by Gasteiger charge is 2.23. The van der Waals surface area contributed by atoms with E-state index in [1.54, 1.807) is 4.90 Å². The molecule has 0 aromatic heterocycles. The van der Waals surface area contributed by atoms with Crippen molar-refractivity contribution in [2.45, 2.75) is 12.5 Å². The fourth-order valence-electron chi connectivity index (χ4n) is 1.29. The zero-order valence-corrected chi connectivity index (χ0v) is 7.32. The highest BCUT2D eigenvalue weighted by Crippen LogP contribution is 2.05. The van der Waals surface area contributed by atoms with Gasteiger partial charge in [0.25, 0.3) is 0 Å². The smallest absolute Gasteiger partial charge is 0.312 e. The van der Waals surface area contributed by atoms with E-state index in [9.17, 15) is 9.59 Å². The molecule has 1 aliphatic heterocycles. The van der Waals surface area contributed by atoms with Gasteiger partial charge in [-0.05, 0) is 6.42 Å². The molecule has 1 rings (SSSR count). The third-order valence-electron chi connectivity index (χ3n) is 1.99. The normalized spacial score (nSPS) is 21.6. The largest absolute Gasteiger partial charge is 0.352 e. The van der Waals surface area contributed by atoms with Crippen LogP contribution in [-0.4, -0.2) is 42.5 Å². The number of likely N-dealkylation sites (tertiary alicyclic amines) is 1. The van der Waals surface area contributed by atoms with Crippen LogP contribution in [0.3, 0.4) is 0 Å². The number of hydrogen-bond donors (Lipinski definition) is 3. The summed E-state index contributed by atoms with van der Waals surface area (Å²) in [5, 5.41) is 2.24. The van der Waals surface area contributed by atoms with E-state index in [2.05, 4.69) is 5.32 Å². The number of amides is 3. The summed E-state index contributed by atoms with van der Waals surface area (Å²) in [5.74, 6) is -0.133. The number of primary amides is 1. The molecule has 6 nitrogen and oxygen atoms in total. The summed E-state index contributed by atoms with van der Waals surface area (Å²) < 4.78 is 0. The van der Waals surface area contributed by atoms with E-state index in [0.717, 1.165) is 6.42 Å². The van der Waals surface area contributed by atoms with Gasteiger partial charge in [0.15, 0.2) is 0 Å². The lowest BCUT2D eigenvalue weighted by Gasteiger charge is -2.15. The van der Waals surface area contributed by atoms with E-state index in [4.69, 9.17) is 11.5 Å². The van der Waals surface area contributed by atoms with Crippen LogP contribution in [0.5, 0.6) is 0 Å². The molecule has 0 aromatic carbocycles. The lowest BCUT2D eigenvalue weighted by molar-refractivity contribution is -0.129. The summed E-state index contributed by atoms with van der Waals surface area (Å²) in [6.45, 7) is 1.20. The molecule has 1 aliphatic rings. The number of rotatable bonds is 2.